The first-order valence-corrected chi connectivity index (χ1v) is 7.71. The van der Waals surface area contributed by atoms with E-state index in [1.165, 1.54) is 0 Å². The van der Waals surface area contributed by atoms with Gasteiger partial charge in [-0.25, -0.2) is 0 Å². The number of morpholine rings is 1. The quantitative estimate of drug-likeness (QED) is 0.843. The van der Waals surface area contributed by atoms with Gasteiger partial charge in [0.05, 0.1) is 13.2 Å². The largest absolute Gasteiger partial charge is 0.379 e. The van der Waals surface area contributed by atoms with E-state index in [0.29, 0.717) is 11.7 Å². The van der Waals surface area contributed by atoms with Crippen LogP contribution in [-0.2, 0) is 11.2 Å². The first-order valence-electron chi connectivity index (χ1n) is 7.71. The fourth-order valence-electron chi connectivity index (χ4n) is 2.71. The van der Waals surface area contributed by atoms with Crippen molar-refractivity contribution in [2.45, 2.75) is 32.2 Å². The molecule has 0 radical (unpaired) electrons. The van der Waals surface area contributed by atoms with Crippen LogP contribution in [0.25, 0.3) is 11.4 Å². The van der Waals surface area contributed by atoms with Crippen molar-refractivity contribution < 1.29 is 9.26 Å². The van der Waals surface area contributed by atoms with Crippen molar-refractivity contribution in [1.29, 1.82) is 0 Å². The minimum atomic E-state index is 0.106. The van der Waals surface area contributed by atoms with Crippen molar-refractivity contribution in [2.75, 3.05) is 26.3 Å². The molecule has 0 aromatic carbocycles. The number of ether oxygens (including phenoxy) is 1. The topological polar surface area (TPSA) is 64.3 Å². The molecule has 0 amide bonds. The van der Waals surface area contributed by atoms with Crippen LogP contribution in [0.2, 0.25) is 0 Å². The lowest BCUT2D eigenvalue weighted by molar-refractivity contribution is -0.0131. The van der Waals surface area contributed by atoms with Crippen molar-refractivity contribution >= 4 is 0 Å². The van der Waals surface area contributed by atoms with Crippen LogP contribution >= 0.6 is 0 Å². The van der Waals surface area contributed by atoms with E-state index in [2.05, 4.69) is 33.9 Å². The Morgan fingerprint density at radius 1 is 1.18 bits per heavy atom. The smallest absolute Gasteiger partial charge is 0.227 e. The number of hydrogen-bond donors (Lipinski definition) is 0. The Morgan fingerprint density at radius 2 is 1.91 bits per heavy atom. The Hall–Kier alpha value is -1.79. The van der Waals surface area contributed by atoms with E-state index >= 15 is 0 Å². The molecule has 0 aliphatic carbocycles. The summed E-state index contributed by atoms with van der Waals surface area (Å²) >= 11 is 0. The van der Waals surface area contributed by atoms with Gasteiger partial charge in [0.25, 0.3) is 0 Å². The Labute approximate surface area is 130 Å². The maximum atomic E-state index is 5.42. The van der Waals surface area contributed by atoms with Crippen molar-refractivity contribution in [1.82, 2.24) is 20.0 Å². The second kappa shape index (κ2) is 6.54. The number of hydrogen-bond acceptors (Lipinski definition) is 6. The Kier molecular flexibility index (Phi) is 4.49. The molecule has 1 aliphatic heterocycles. The fraction of sp³-hybridized carbons (Fsp3) is 0.562. The molecule has 0 N–H and O–H groups in total. The van der Waals surface area contributed by atoms with Gasteiger partial charge >= 0.3 is 0 Å². The molecule has 0 atom stereocenters. The summed E-state index contributed by atoms with van der Waals surface area (Å²) in [7, 11) is 0. The van der Waals surface area contributed by atoms with Crippen molar-refractivity contribution in [3.8, 4) is 11.4 Å². The fourth-order valence-corrected chi connectivity index (χ4v) is 2.71. The second-order valence-electron chi connectivity index (χ2n) is 6.16. The number of nitrogens with zero attached hydrogens (tertiary/aromatic N) is 4. The lowest BCUT2D eigenvalue weighted by Crippen LogP contribution is -2.50. The highest BCUT2D eigenvalue weighted by molar-refractivity contribution is 5.52. The molecule has 2 aromatic heterocycles. The summed E-state index contributed by atoms with van der Waals surface area (Å²) < 4.78 is 10.8. The molecule has 3 heterocycles. The van der Waals surface area contributed by atoms with Gasteiger partial charge in [0.2, 0.25) is 11.7 Å². The zero-order valence-corrected chi connectivity index (χ0v) is 13.2. The van der Waals surface area contributed by atoms with Crippen LogP contribution in [0.15, 0.2) is 29.0 Å². The summed E-state index contributed by atoms with van der Waals surface area (Å²) in [6.45, 7) is 8.13. The predicted octanol–water partition coefficient (Wildman–Crippen LogP) is 2.17. The van der Waals surface area contributed by atoms with Gasteiger partial charge in [-0.15, -0.1) is 0 Å². The maximum absolute atomic E-state index is 5.42. The van der Waals surface area contributed by atoms with Crippen molar-refractivity contribution in [3.05, 3.63) is 30.4 Å². The van der Waals surface area contributed by atoms with Crippen LogP contribution in [-0.4, -0.2) is 51.9 Å². The standard InChI is InChI=1S/C16H22N4O2/c1-16(2,20-9-11-21-12-10-20)6-3-14-18-15(19-22-14)13-4-7-17-8-5-13/h4-5,7-8H,3,6,9-12H2,1-2H3. The van der Waals surface area contributed by atoms with E-state index in [1.54, 1.807) is 12.4 Å². The highest BCUT2D eigenvalue weighted by Crippen LogP contribution is 2.23. The molecular weight excluding hydrogens is 280 g/mol. The summed E-state index contributed by atoms with van der Waals surface area (Å²) in [5.41, 5.74) is 1.03. The van der Waals surface area contributed by atoms with Crippen molar-refractivity contribution in [2.24, 2.45) is 0 Å². The van der Waals surface area contributed by atoms with E-state index in [0.717, 1.165) is 44.7 Å². The molecule has 3 rings (SSSR count). The van der Waals surface area contributed by atoms with Crippen molar-refractivity contribution in [3.63, 3.8) is 0 Å². The lowest BCUT2D eigenvalue weighted by Gasteiger charge is -2.40. The van der Waals surface area contributed by atoms with Gasteiger partial charge in [0, 0.05) is 43.0 Å². The molecule has 6 nitrogen and oxygen atoms in total. The predicted molar refractivity (Wildman–Crippen MR) is 82.3 cm³/mol. The molecule has 2 aromatic rings. The van der Waals surface area contributed by atoms with E-state index in [-0.39, 0.29) is 5.54 Å². The monoisotopic (exact) mass is 302 g/mol. The molecule has 1 aliphatic rings. The first kappa shape index (κ1) is 15.1. The van der Waals surface area contributed by atoms with Gasteiger partial charge in [0.15, 0.2) is 0 Å². The lowest BCUT2D eigenvalue weighted by atomic mass is 9.95. The average molecular weight is 302 g/mol. The van der Waals surface area contributed by atoms with E-state index in [1.807, 2.05) is 12.1 Å². The van der Waals surface area contributed by atoms with Crippen LogP contribution in [0, 0.1) is 0 Å². The molecule has 22 heavy (non-hydrogen) atoms. The number of rotatable bonds is 5. The van der Waals surface area contributed by atoms with Crippen LogP contribution in [0.4, 0.5) is 0 Å². The third-order valence-corrected chi connectivity index (χ3v) is 4.22. The Morgan fingerprint density at radius 3 is 2.64 bits per heavy atom. The summed E-state index contributed by atoms with van der Waals surface area (Å²) in [5.74, 6) is 1.31. The SMILES string of the molecule is CC(C)(CCc1nc(-c2ccncc2)no1)N1CCOCC1. The highest BCUT2D eigenvalue weighted by Gasteiger charge is 2.28. The zero-order chi connectivity index (χ0) is 15.4. The number of aryl methyl sites for hydroxylation is 1. The molecular formula is C16H22N4O2. The molecule has 6 heteroatoms. The third kappa shape index (κ3) is 3.51. The first-order chi connectivity index (χ1) is 10.6. The second-order valence-corrected chi connectivity index (χ2v) is 6.16. The van der Waals surface area contributed by atoms with Crippen LogP contribution in [0.3, 0.4) is 0 Å². The number of pyridine rings is 1. The van der Waals surface area contributed by atoms with Crippen LogP contribution in [0.5, 0.6) is 0 Å². The summed E-state index contributed by atoms with van der Waals surface area (Å²) in [6, 6.07) is 3.76. The minimum absolute atomic E-state index is 0.106. The van der Waals surface area contributed by atoms with E-state index in [9.17, 15) is 0 Å². The normalized spacial score (nSPS) is 16.8. The zero-order valence-electron chi connectivity index (χ0n) is 13.2. The molecule has 0 saturated carbocycles. The van der Waals surface area contributed by atoms with Crippen LogP contribution in [0.1, 0.15) is 26.2 Å². The molecule has 118 valence electrons. The Bertz CT molecular complexity index is 591. The van der Waals surface area contributed by atoms with Gasteiger partial charge in [-0.3, -0.25) is 9.88 Å². The van der Waals surface area contributed by atoms with E-state index in [4.69, 9.17) is 9.26 Å². The highest BCUT2D eigenvalue weighted by atomic mass is 16.5. The summed E-state index contributed by atoms with van der Waals surface area (Å²) in [6.07, 6.45) is 5.22. The molecule has 0 unspecified atom stereocenters. The summed E-state index contributed by atoms with van der Waals surface area (Å²) in [4.78, 5) is 10.9. The molecule has 1 fully saturated rings. The van der Waals surface area contributed by atoms with Crippen LogP contribution < -0.4 is 0 Å². The molecule has 0 spiro atoms. The molecule has 1 saturated heterocycles. The number of aromatic nitrogens is 3. The Balaban J connectivity index is 1.61. The van der Waals surface area contributed by atoms with Gasteiger partial charge < -0.3 is 9.26 Å². The van der Waals surface area contributed by atoms with Gasteiger partial charge in [-0.2, -0.15) is 4.98 Å². The molecule has 0 bridgehead atoms. The van der Waals surface area contributed by atoms with E-state index < -0.39 is 0 Å². The van der Waals surface area contributed by atoms with Gasteiger partial charge in [0.1, 0.15) is 0 Å². The maximum Gasteiger partial charge on any atom is 0.227 e. The third-order valence-electron chi connectivity index (χ3n) is 4.22. The minimum Gasteiger partial charge on any atom is -0.379 e. The van der Waals surface area contributed by atoms with Gasteiger partial charge in [-0.1, -0.05) is 5.16 Å². The summed E-state index contributed by atoms with van der Waals surface area (Å²) in [5, 5.41) is 4.05. The van der Waals surface area contributed by atoms with Gasteiger partial charge in [-0.05, 0) is 32.4 Å². The average Bonchev–Trinajstić information content (AvgIpc) is 3.04.